The second kappa shape index (κ2) is 7.25. The summed E-state index contributed by atoms with van der Waals surface area (Å²) < 4.78 is 9.41. The molecular formula is C13H14O7. The van der Waals surface area contributed by atoms with Crippen LogP contribution < -0.4 is 0 Å². The summed E-state index contributed by atoms with van der Waals surface area (Å²) in [5.41, 5.74) is 0.254. The minimum atomic E-state index is -1.23. The van der Waals surface area contributed by atoms with Crippen LogP contribution >= 0.6 is 0 Å². The van der Waals surface area contributed by atoms with Crippen LogP contribution in [0.4, 0.5) is 0 Å². The highest BCUT2D eigenvalue weighted by Crippen LogP contribution is 2.06. The Morgan fingerprint density at radius 3 is 2.05 bits per heavy atom. The first-order chi connectivity index (χ1) is 9.41. The number of carboxylic acids is 1. The van der Waals surface area contributed by atoms with Gasteiger partial charge in [0.25, 0.3) is 0 Å². The van der Waals surface area contributed by atoms with E-state index >= 15 is 0 Å². The summed E-state index contributed by atoms with van der Waals surface area (Å²) >= 11 is 0. The van der Waals surface area contributed by atoms with E-state index < -0.39 is 24.0 Å². The molecule has 0 aliphatic rings. The first-order valence-corrected chi connectivity index (χ1v) is 5.77. The number of carboxylic acid groups (broad SMARTS) is 1. The Morgan fingerprint density at radius 2 is 1.55 bits per heavy atom. The van der Waals surface area contributed by atoms with Crippen molar-refractivity contribution in [1.82, 2.24) is 0 Å². The minimum Gasteiger partial charge on any atom is -0.478 e. The van der Waals surface area contributed by atoms with Crippen LogP contribution in [0.2, 0.25) is 0 Å². The number of carbonyl (C=O) groups is 3. The van der Waals surface area contributed by atoms with Crippen LogP contribution in [0.3, 0.4) is 0 Å². The molecule has 0 aromatic heterocycles. The molecule has 1 atom stereocenters. The summed E-state index contributed by atoms with van der Waals surface area (Å²) in [5.74, 6) is -2.54. The fourth-order valence-electron chi connectivity index (χ4n) is 1.23. The molecule has 0 saturated carbocycles. The van der Waals surface area contributed by atoms with Crippen LogP contribution in [0.25, 0.3) is 0 Å². The number of aliphatic hydroxyl groups excluding tert-OH is 1. The maximum absolute atomic E-state index is 11.5. The molecule has 0 saturated heterocycles. The fraction of sp³-hybridized carbons (Fsp3) is 0.308. The molecule has 0 fully saturated rings. The topological polar surface area (TPSA) is 110 Å². The number of aliphatic hydroxyl groups is 1. The van der Waals surface area contributed by atoms with Crippen molar-refractivity contribution in [3.8, 4) is 0 Å². The molecule has 1 aromatic rings. The van der Waals surface area contributed by atoms with Gasteiger partial charge in [0.2, 0.25) is 0 Å². The Kier molecular flexibility index (Phi) is 5.67. The second-order valence-electron chi connectivity index (χ2n) is 3.86. The Hall–Kier alpha value is -2.41. The van der Waals surface area contributed by atoms with E-state index in [9.17, 15) is 14.4 Å². The summed E-state index contributed by atoms with van der Waals surface area (Å²) in [6, 6.07) is 5.22. The molecule has 0 radical (unpaired) electrons. The van der Waals surface area contributed by atoms with Gasteiger partial charge >= 0.3 is 17.9 Å². The smallest absolute Gasteiger partial charge is 0.338 e. The van der Waals surface area contributed by atoms with Crippen LogP contribution in [0.1, 0.15) is 27.6 Å². The van der Waals surface area contributed by atoms with Gasteiger partial charge in [0, 0.05) is 0 Å². The number of hydrogen-bond donors (Lipinski definition) is 2. The number of benzene rings is 1. The molecule has 1 aromatic carbocycles. The molecule has 20 heavy (non-hydrogen) atoms. The third-order valence-electron chi connectivity index (χ3n) is 2.27. The molecule has 1 rings (SSSR count). The zero-order valence-corrected chi connectivity index (χ0v) is 10.7. The van der Waals surface area contributed by atoms with Gasteiger partial charge in [-0.3, -0.25) is 0 Å². The van der Waals surface area contributed by atoms with Crippen LogP contribution in [-0.2, 0) is 14.3 Å². The standard InChI is InChI=1S/C13H14O7/c1-8(14)12(17)19-6-7-20-13(18)10-4-2-9(3-5-10)11(15)16/h2-5,8,14H,6-7H2,1H3,(H,15,16)/t8-/m0/s1. The number of ether oxygens (including phenoxy) is 2. The van der Waals surface area contributed by atoms with Crippen LogP contribution in [-0.4, -0.2) is 47.4 Å². The molecule has 0 heterocycles. The van der Waals surface area contributed by atoms with Crippen molar-refractivity contribution < 1.29 is 34.1 Å². The molecule has 0 aliphatic heterocycles. The third kappa shape index (κ3) is 4.69. The Balaban J connectivity index is 2.39. The van der Waals surface area contributed by atoms with E-state index in [1.165, 1.54) is 31.2 Å². The second-order valence-corrected chi connectivity index (χ2v) is 3.86. The lowest BCUT2D eigenvalue weighted by Gasteiger charge is -2.07. The highest BCUT2D eigenvalue weighted by Gasteiger charge is 2.11. The van der Waals surface area contributed by atoms with Gasteiger partial charge in [-0.15, -0.1) is 0 Å². The van der Waals surface area contributed by atoms with E-state index in [1.807, 2.05) is 0 Å². The van der Waals surface area contributed by atoms with Crippen molar-refractivity contribution in [2.24, 2.45) is 0 Å². The van der Waals surface area contributed by atoms with Gasteiger partial charge in [0.1, 0.15) is 19.3 Å². The maximum Gasteiger partial charge on any atom is 0.338 e. The zero-order valence-electron chi connectivity index (χ0n) is 10.7. The van der Waals surface area contributed by atoms with Crippen LogP contribution in [0.15, 0.2) is 24.3 Å². The van der Waals surface area contributed by atoms with Gasteiger partial charge in [-0.05, 0) is 31.2 Å². The van der Waals surface area contributed by atoms with Crippen molar-refractivity contribution in [3.63, 3.8) is 0 Å². The first-order valence-electron chi connectivity index (χ1n) is 5.77. The molecule has 108 valence electrons. The SMILES string of the molecule is C[C@H](O)C(=O)OCCOC(=O)c1ccc(C(=O)O)cc1. The van der Waals surface area contributed by atoms with Gasteiger partial charge in [-0.25, -0.2) is 14.4 Å². The van der Waals surface area contributed by atoms with Crippen LogP contribution in [0, 0.1) is 0 Å². The average molecular weight is 282 g/mol. The molecule has 0 unspecified atom stereocenters. The van der Waals surface area contributed by atoms with Gasteiger partial charge < -0.3 is 19.7 Å². The maximum atomic E-state index is 11.5. The van der Waals surface area contributed by atoms with E-state index in [1.54, 1.807) is 0 Å². The first kappa shape index (κ1) is 15.6. The highest BCUT2D eigenvalue weighted by molar-refractivity contribution is 5.92. The normalized spacial score (nSPS) is 11.5. The summed E-state index contributed by atoms with van der Waals surface area (Å²) in [5, 5.41) is 17.5. The molecule has 0 spiro atoms. The average Bonchev–Trinajstić information content (AvgIpc) is 2.43. The number of rotatable bonds is 6. The van der Waals surface area contributed by atoms with Gasteiger partial charge in [-0.2, -0.15) is 0 Å². The van der Waals surface area contributed by atoms with Gasteiger partial charge in [-0.1, -0.05) is 0 Å². The quantitative estimate of drug-likeness (QED) is 0.576. The van der Waals surface area contributed by atoms with Crippen molar-refractivity contribution >= 4 is 17.9 Å². The van der Waals surface area contributed by atoms with E-state index in [4.69, 9.17) is 14.9 Å². The zero-order chi connectivity index (χ0) is 15.1. The Bertz CT molecular complexity index is 490. The number of aromatic carboxylic acids is 1. The Morgan fingerprint density at radius 1 is 1.05 bits per heavy atom. The summed E-state index contributed by atoms with van der Waals surface area (Å²) in [4.78, 5) is 33.1. The minimum absolute atomic E-state index is 0.0624. The lowest BCUT2D eigenvalue weighted by Crippen LogP contribution is -2.22. The predicted molar refractivity (Wildman–Crippen MR) is 66.3 cm³/mol. The molecule has 7 nitrogen and oxygen atoms in total. The van der Waals surface area contributed by atoms with E-state index in [2.05, 4.69) is 4.74 Å². The number of esters is 2. The Labute approximate surface area is 114 Å². The molecule has 0 bridgehead atoms. The van der Waals surface area contributed by atoms with E-state index in [-0.39, 0.29) is 24.3 Å². The monoisotopic (exact) mass is 282 g/mol. The summed E-state index contributed by atoms with van der Waals surface area (Å²) in [6.07, 6.45) is -1.23. The fourth-order valence-corrected chi connectivity index (χ4v) is 1.23. The summed E-state index contributed by atoms with van der Waals surface area (Å²) in [6.45, 7) is 0.943. The van der Waals surface area contributed by atoms with Crippen molar-refractivity contribution in [3.05, 3.63) is 35.4 Å². The van der Waals surface area contributed by atoms with Gasteiger partial charge in [0.15, 0.2) is 0 Å². The van der Waals surface area contributed by atoms with Crippen molar-refractivity contribution in [2.75, 3.05) is 13.2 Å². The molecule has 0 aliphatic carbocycles. The summed E-state index contributed by atoms with van der Waals surface area (Å²) in [7, 11) is 0. The lowest BCUT2D eigenvalue weighted by molar-refractivity contribution is -0.153. The van der Waals surface area contributed by atoms with E-state index in [0.717, 1.165) is 0 Å². The molecule has 2 N–H and O–H groups in total. The molecule has 0 amide bonds. The third-order valence-corrected chi connectivity index (χ3v) is 2.27. The molecule has 7 heteroatoms. The lowest BCUT2D eigenvalue weighted by atomic mass is 10.1. The van der Waals surface area contributed by atoms with Gasteiger partial charge in [0.05, 0.1) is 11.1 Å². The number of hydrogen-bond acceptors (Lipinski definition) is 6. The van der Waals surface area contributed by atoms with Crippen LogP contribution in [0.5, 0.6) is 0 Å². The van der Waals surface area contributed by atoms with Crippen molar-refractivity contribution in [2.45, 2.75) is 13.0 Å². The van der Waals surface area contributed by atoms with E-state index in [0.29, 0.717) is 0 Å². The number of carbonyl (C=O) groups excluding carboxylic acids is 2. The largest absolute Gasteiger partial charge is 0.478 e. The predicted octanol–water partition coefficient (Wildman–Crippen LogP) is 0.466. The van der Waals surface area contributed by atoms with Crippen molar-refractivity contribution in [1.29, 1.82) is 0 Å². The molecular weight excluding hydrogens is 268 g/mol. The highest BCUT2D eigenvalue weighted by atomic mass is 16.6.